The number of hydrogen-bond donors (Lipinski definition) is 2. The molecule has 31 heavy (non-hydrogen) atoms. The first kappa shape index (κ1) is 21.9. The molecule has 1 fully saturated rings. The van der Waals surface area contributed by atoms with Crippen molar-refractivity contribution in [3.8, 4) is 0 Å². The summed E-state index contributed by atoms with van der Waals surface area (Å²) in [5.74, 6) is 1.14. The van der Waals surface area contributed by atoms with E-state index in [4.69, 9.17) is 4.52 Å². The number of piperidine rings is 1. The van der Waals surface area contributed by atoms with E-state index in [1.165, 1.54) is 20.6 Å². The Hall–Kier alpha value is -2.28. The molecule has 1 aliphatic rings. The van der Waals surface area contributed by atoms with Crippen LogP contribution in [0.1, 0.15) is 35.6 Å². The SMILES string of the molecule is Br.O=c1[nH]oc(C2CCNCC2)c1Cc1ccc2ccccc2c1Sc1ccccc1. The van der Waals surface area contributed by atoms with Crippen molar-refractivity contribution in [3.63, 3.8) is 0 Å². The van der Waals surface area contributed by atoms with Gasteiger partial charge in [0.1, 0.15) is 5.76 Å². The lowest BCUT2D eigenvalue weighted by Gasteiger charge is -2.21. The molecule has 0 spiro atoms. The van der Waals surface area contributed by atoms with Gasteiger partial charge in [0.05, 0.1) is 5.56 Å². The number of rotatable bonds is 5. The maximum absolute atomic E-state index is 12.6. The summed E-state index contributed by atoms with van der Waals surface area (Å²) in [4.78, 5) is 15.0. The highest BCUT2D eigenvalue weighted by Crippen LogP contribution is 2.38. The van der Waals surface area contributed by atoms with Crippen LogP contribution in [0.2, 0.25) is 0 Å². The van der Waals surface area contributed by atoms with Crippen LogP contribution in [0.5, 0.6) is 0 Å². The van der Waals surface area contributed by atoms with Crippen molar-refractivity contribution in [1.82, 2.24) is 10.5 Å². The number of fused-ring (bicyclic) bond motifs is 1. The van der Waals surface area contributed by atoms with Gasteiger partial charge in [-0.2, -0.15) is 5.16 Å². The smallest absolute Gasteiger partial charge is 0.283 e. The molecule has 0 bridgehead atoms. The fraction of sp³-hybridized carbons (Fsp3) is 0.240. The second-order valence-corrected chi connectivity index (χ2v) is 8.85. The van der Waals surface area contributed by atoms with Gasteiger partial charge < -0.3 is 9.84 Å². The van der Waals surface area contributed by atoms with Crippen LogP contribution in [0.4, 0.5) is 0 Å². The molecule has 0 aliphatic carbocycles. The minimum absolute atomic E-state index is 0. The van der Waals surface area contributed by atoms with E-state index in [-0.39, 0.29) is 22.5 Å². The van der Waals surface area contributed by atoms with E-state index >= 15 is 0 Å². The van der Waals surface area contributed by atoms with Crippen LogP contribution in [0.15, 0.2) is 85.8 Å². The summed E-state index contributed by atoms with van der Waals surface area (Å²) in [6, 6.07) is 23.2. The predicted molar refractivity (Wildman–Crippen MR) is 132 cm³/mol. The Kier molecular flexibility index (Phi) is 7.00. The summed E-state index contributed by atoms with van der Waals surface area (Å²) in [5, 5.41) is 8.41. The first-order chi connectivity index (χ1) is 14.8. The Morgan fingerprint density at radius 1 is 0.935 bits per heavy atom. The summed E-state index contributed by atoms with van der Waals surface area (Å²) in [6.45, 7) is 1.92. The molecule has 2 heterocycles. The molecule has 0 radical (unpaired) electrons. The fourth-order valence-corrected chi connectivity index (χ4v) is 5.36. The van der Waals surface area contributed by atoms with Gasteiger partial charge in [0.25, 0.3) is 5.56 Å². The average Bonchev–Trinajstić information content (AvgIpc) is 3.17. The lowest BCUT2D eigenvalue weighted by atomic mass is 9.91. The predicted octanol–water partition coefficient (Wildman–Crippen LogP) is 5.91. The van der Waals surface area contributed by atoms with Crippen LogP contribution >= 0.6 is 28.7 Å². The minimum Gasteiger partial charge on any atom is -0.383 e. The number of nitrogens with one attached hydrogen (secondary N) is 2. The summed E-state index contributed by atoms with van der Waals surface area (Å²) in [6.07, 6.45) is 2.57. The molecular weight excluding hydrogens is 472 g/mol. The van der Waals surface area contributed by atoms with Gasteiger partial charge >= 0.3 is 0 Å². The highest BCUT2D eigenvalue weighted by Gasteiger charge is 2.25. The summed E-state index contributed by atoms with van der Waals surface area (Å²) in [7, 11) is 0. The number of aromatic nitrogens is 1. The third-order valence-corrected chi connectivity index (χ3v) is 7.02. The molecule has 1 saturated heterocycles. The zero-order valence-electron chi connectivity index (χ0n) is 17.1. The molecule has 0 unspecified atom stereocenters. The number of aromatic amines is 1. The fourth-order valence-electron chi connectivity index (χ4n) is 4.26. The highest BCUT2D eigenvalue weighted by atomic mass is 79.9. The Labute approximate surface area is 196 Å². The van der Waals surface area contributed by atoms with Gasteiger partial charge in [-0.05, 0) is 54.4 Å². The minimum atomic E-state index is -0.104. The summed E-state index contributed by atoms with van der Waals surface area (Å²) >= 11 is 1.76. The van der Waals surface area contributed by atoms with Gasteiger partial charge in [-0.1, -0.05) is 66.4 Å². The Bertz CT molecular complexity index is 1210. The summed E-state index contributed by atoms with van der Waals surface area (Å²) in [5.41, 5.74) is 1.82. The van der Waals surface area contributed by atoms with E-state index < -0.39 is 0 Å². The molecule has 0 saturated carbocycles. The zero-order valence-corrected chi connectivity index (χ0v) is 19.6. The topological polar surface area (TPSA) is 58.0 Å². The van der Waals surface area contributed by atoms with Crippen molar-refractivity contribution in [2.75, 3.05) is 13.1 Å². The second kappa shape index (κ2) is 9.90. The molecule has 5 rings (SSSR count). The summed E-state index contributed by atoms with van der Waals surface area (Å²) < 4.78 is 5.68. The van der Waals surface area contributed by atoms with Gasteiger partial charge in [0.2, 0.25) is 0 Å². The van der Waals surface area contributed by atoms with E-state index in [0.717, 1.165) is 42.8 Å². The number of halogens is 1. The lowest BCUT2D eigenvalue weighted by molar-refractivity contribution is 0.324. The van der Waals surface area contributed by atoms with E-state index in [9.17, 15) is 4.79 Å². The van der Waals surface area contributed by atoms with Crippen molar-refractivity contribution in [3.05, 3.63) is 94.0 Å². The van der Waals surface area contributed by atoms with E-state index in [1.807, 2.05) is 6.07 Å². The standard InChI is InChI=1S/C25H24N2O2S.BrH/c28-25-22(23(29-27-25)18-12-14-26-15-13-18)16-19-11-10-17-6-4-5-9-21(17)24(19)30-20-7-2-1-3-8-20;/h1-11,18,26H,12-16H2,(H,27,28);1H. The van der Waals surface area contributed by atoms with E-state index in [1.54, 1.807) is 11.8 Å². The molecular formula is C25H25BrN2O2S. The largest absolute Gasteiger partial charge is 0.383 e. The molecule has 0 amide bonds. The monoisotopic (exact) mass is 496 g/mol. The van der Waals surface area contributed by atoms with Crippen LogP contribution in [0.3, 0.4) is 0 Å². The van der Waals surface area contributed by atoms with Crippen molar-refractivity contribution < 1.29 is 4.52 Å². The normalized spacial score (nSPS) is 14.5. The van der Waals surface area contributed by atoms with Gasteiger partial charge in [-0.25, -0.2) is 0 Å². The lowest BCUT2D eigenvalue weighted by Crippen LogP contribution is -2.27. The van der Waals surface area contributed by atoms with Gasteiger partial charge in [0.15, 0.2) is 0 Å². The highest BCUT2D eigenvalue weighted by molar-refractivity contribution is 8.93. The second-order valence-electron chi connectivity index (χ2n) is 7.77. The van der Waals surface area contributed by atoms with Crippen LogP contribution < -0.4 is 10.9 Å². The molecule has 2 N–H and O–H groups in total. The van der Waals surface area contributed by atoms with Gasteiger partial charge in [-0.3, -0.25) is 4.79 Å². The first-order valence-corrected chi connectivity index (χ1v) is 11.3. The Balaban J connectivity index is 0.00000231. The Morgan fingerprint density at radius 3 is 2.48 bits per heavy atom. The van der Waals surface area contributed by atoms with Crippen molar-refractivity contribution >= 4 is 39.5 Å². The zero-order chi connectivity index (χ0) is 20.3. The molecule has 6 heteroatoms. The molecule has 4 nitrogen and oxygen atoms in total. The molecule has 1 aliphatic heterocycles. The maximum Gasteiger partial charge on any atom is 0.283 e. The number of H-pyrrole nitrogens is 1. The molecule has 1 aromatic heterocycles. The van der Waals surface area contributed by atoms with E-state index in [0.29, 0.717) is 12.3 Å². The quantitative estimate of drug-likeness (QED) is 0.360. The molecule has 0 atom stereocenters. The third-order valence-electron chi connectivity index (χ3n) is 5.83. The first-order valence-electron chi connectivity index (χ1n) is 10.4. The Morgan fingerprint density at radius 2 is 1.68 bits per heavy atom. The number of hydrogen-bond acceptors (Lipinski definition) is 4. The van der Waals surface area contributed by atoms with Crippen LogP contribution in [0.25, 0.3) is 10.8 Å². The van der Waals surface area contributed by atoms with Crippen molar-refractivity contribution in [1.29, 1.82) is 0 Å². The van der Waals surface area contributed by atoms with Gasteiger partial charge in [0, 0.05) is 22.1 Å². The van der Waals surface area contributed by atoms with Gasteiger partial charge in [-0.15, -0.1) is 17.0 Å². The average molecular weight is 497 g/mol. The van der Waals surface area contributed by atoms with Crippen LogP contribution in [-0.4, -0.2) is 18.2 Å². The van der Waals surface area contributed by atoms with Crippen LogP contribution in [-0.2, 0) is 6.42 Å². The molecule has 3 aromatic carbocycles. The van der Waals surface area contributed by atoms with Crippen LogP contribution in [0, 0.1) is 0 Å². The molecule has 4 aromatic rings. The van der Waals surface area contributed by atoms with Crippen molar-refractivity contribution in [2.24, 2.45) is 0 Å². The van der Waals surface area contributed by atoms with E-state index in [2.05, 4.69) is 71.1 Å². The van der Waals surface area contributed by atoms with Crippen molar-refractivity contribution in [2.45, 2.75) is 35.0 Å². The number of benzene rings is 3. The third kappa shape index (κ3) is 4.66. The maximum atomic E-state index is 12.6. The molecule has 160 valence electrons.